The molecule has 148 valence electrons. The van der Waals surface area contributed by atoms with Crippen molar-refractivity contribution < 1.29 is 26.0 Å². The number of anilines is 3. The Labute approximate surface area is 157 Å². The van der Waals surface area contributed by atoms with Crippen molar-refractivity contribution >= 4 is 27.4 Å². The third kappa shape index (κ3) is 4.07. The number of nitrogen functional groups attached to an aromatic ring is 1. The summed E-state index contributed by atoms with van der Waals surface area (Å²) in [7, 11) is -2.50. The molecule has 1 heterocycles. The molecule has 0 aliphatic rings. The highest BCUT2D eigenvalue weighted by Crippen LogP contribution is 2.34. The Balaban J connectivity index is 2.03. The lowest BCUT2D eigenvalue weighted by atomic mass is 10.1. The highest BCUT2D eigenvalue weighted by molar-refractivity contribution is 7.89. The number of nitrogens with one attached hydrogen (secondary N) is 2. The Kier molecular flexibility index (Phi) is 5.00. The van der Waals surface area contributed by atoms with Crippen LogP contribution in [0.25, 0.3) is 11.5 Å². The Hall–Kier alpha value is -3.12. The third-order valence-corrected chi connectivity index (χ3v) is 5.14. The molecule has 2 aromatic carbocycles. The molecule has 0 amide bonds. The molecule has 3 aromatic rings. The van der Waals surface area contributed by atoms with Gasteiger partial charge < -0.3 is 15.5 Å². The second-order valence-electron chi connectivity index (χ2n) is 5.56. The first-order chi connectivity index (χ1) is 13.1. The van der Waals surface area contributed by atoms with Gasteiger partial charge in [0.2, 0.25) is 10.0 Å². The molecule has 0 atom stereocenters. The van der Waals surface area contributed by atoms with Crippen LogP contribution in [0.4, 0.5) is 30.6 Å². The molecule has 1 aromatic heterocycles. The molecule has 0 fully saturated rings. The first-order valence-electron chi connectivity index (χ1n) is 7.71. The monoisotopic (exact) mass is 413 g/mol. The minimum Gasteiger partial charge on any atom is -0.403 e. The summed E-state index contributed by atoms with van der Waals surface area (Å²) in [6.07, 6.45) is -4.45. The van der Waals surface area contributed by atoms with E-state index in [1.165, 1.54) is 37.4 Å². The summed E-state index contributed by atoms with van der Waals surface area (Å²) in [5, 5.41) is 10.2. The van der Waals surface area contributed by atoms with Crippen LogP contribution >= 0.6 is 0 Å². The third-order valence-electron chi connectivity index (χ3n) is 3.73. The van der Waals surface area contributed by atoms with Crippen LogP contribution in [-0.4, -0.2) is 25.7 Å². The van der Waals surface area contributed by atoms with E-state index < -0.39 is 21.8 Å². The molecule has 8 nitrogen and oxygen atoms in total. The van der Waals surface area contributed by atoms with Gasteiger partial charge in [0, 0.05) is 5.69 Å². The molecule has 0 saturated carbocycles. The van der Waals surface area contributed by atoms with E-state index in [1.54, 1.807) is 0 Å². The van der Waals surface area contributed by atoms with E-state index in [1.807, 2.05) is 0 Å². The van der Waals surface area contributed by atoms with Crippen molar-refractivity contribution in [2.75, 3.05) is 18.1 Å². The number of halogens is 3. The molecular formula is C16H14F3N5O3S. The summed E-state index contributed by atoms with van der Waals surface area (Å²) in [6, 6.07) is 8.14. The summed E-state index contributed by atoms with van der Waals surface area (Å²) < 4.78 is 69.6. The maximum absolute atomic E-state index is 12.7. The van der Waals surface area contributed by atoms with Crippen LogP contribution in [0.15, 0.2) is 51.8 Å². The van der Waals surface area contributed by atoms with Crippen molar-refractivity contribution in [2.45, 2.75) is 11.1 Å². The van der Waals surface area contributed by atoms with Crippen LogP contribution in [0, 0.1) is 0 Å². The fraction of sp³-hybridized carbons (Fsp3) is 0.125. The van der Waals surface area contributed by atoms with E-state index in [0.717, 1.165) is 12.1 Å². The van der Waals surface area contributed by atoms with E-state index in [9.17, 15) is 21.6 Å². The number of hydrogen-bond acceptors (Lipinski definition) is 7. The van der Waals surface area contributed by atoms with Crippen molar-refractivity contribution in [1.29, 1.82) is 0 Å². The predicted octanol–water partition coefficient (Wildman–Crippen LogP) is 2.99. The smallest absolute Gasteiger partial charge is 0.403 e. The predicted molar refractivity (Wildman–Crippen MR) is 95.1 cm³/mol. The zero-order valence-electron chi connectivity index (χ0n) is 14.3. The number of benzene rings is 2. The van der Waals surface area contributed by atoms with E-state index in [-0.39, 0.29) is 22.4 Å². The van der Waals surface area contributed by atoms with Gasteiger partial charge in [-0.25, -0.2) is 13.1 Å². The Morgan fingerprint density at radius 1 is 1.07 bits per heavy atom. The number of rotatable bonds is 5. The normalized spacial score (nSPS) is 12.1. The summed E-state index contributed by atoms with van der Waals surface area (Å²) in [4.78, 5) is -0.0697. The fourth-order valence-electron chi connectivity index (χ4n) is 2.34. The van der Waals surface area contributed by atoms with Gasteiger partial charge in [0.25, 0.3) is 5.89 Å². The maximum atomic E-state index is 12.7. The Bertz CT molecular complexity index is 1100. The SMILES string of the molecule is CNS(=O)(=O)c1ccc(Nc2ccc(C(F)(F)F)cc2)c(-c2nnc(N)o2)c1. The van der Waals surface area contributed by atoms with Crippen molar-refractivity contribution in [1.82, 2.24) is 14.9 Å². The van der Waals surface area contributed by atoms with Gasteiger partial charge in [0.15, 0.2) is 0 Å². The standard InChI is InChI=1S/C16H14F3N5O3S/c1-21-28(25,26)11-6-7-13(12(8-11)14-23-24-15(20)27-14)22-10-4-2-9(3-5-10)16(17,18)19/h2-8,21-22H,1H3,(H2,20,24). The van der Waals surface area contributed by atoms with Gasteiger partial charge in [-0.2, -0.15) is 13.2 Å². The van der Waals surface area contributed by atoms with E-state index in [0.29, 0.717) is 11.4 Å². The Morgan fingerprint density at radius 3 is 2.29 bits per heavy atom. The number of nitrogens with zero attached hydrogens (tertiary/aromatic N) is 2. The van der Waals surface area contributed by atoms with Gasteiger partial charge in [-0.15, -0.1) is 5.10 Å². The van der Waals surface area contributed by atoms with Gasteiger partial charge in [0.1, 0.15) is 0 Å². The average molecular weight is 413 g/mol. The molecule has 0 unspecified atom stereocenters. The van der Waals surface area contributed by atoms with E-state index >= 15 is 0 Å². The number of sulfonamides is 1. The van der Waals surface area contributed by atoms with Crippen LogP contribution in [0.3, 0.4) is 0 Å². The fourth-order valence-corrected chi connectivity index (χ4v) is 3.09. The molecule has 12 heteroatoms. The molecule has 0 spiro atoms. The number of alkyl halides is 3. The second-order valence-corrected chi connectivity index (χ2v) is 7.45. The van der Waals surface area contributed by atoms with Crippen LogP contribution in [0.5, 0.6) is 0 Å². The second kappa shape index (κ2) is 7.13. The topological polar surface area (TPSA) is 123 Å². The zero-order valence-corrected chi connectivity index (χ0v) is 15.1. The van der Waals surface area contributed by atoms with E-state index in [2.05, 4.69) is 20.2 Å². The van der Waals surface area contributed by atoms with Crippen LogP contribution in [0.2, 0.25) is 0 Å². The first kappa shape index (κ1) is 19.6. The van der Waals surface area contributed by atoms with Gasteiger partial charge in [0.05, 0.1) is 21.7 Å². The van der Waals surface area contributed by atoms with Gasteiger partial charge in [-0.1, -0.05) is 5.10 Å². The van der Waals surface area contributed by atoms with Crippen LogP contribution < -0.4 is 15.8 Å². The summed E-state index contributed by atoms with van der Waals surface area (Å²) in [5.74, 6) is -0.0555. The molecule has 0 radical (unpaired) electrons. The molecule has 0 aliphatic heterocycles. The minimum absolute atomic E-state index is 0.0555. The lowest BCUT2D eigenvalue weighted by molar-refractivity contribution is -0.137. The van der Waals surface area contributed by atoms with Crippen molar-refractivity contribution in [3.05, 3.63) is 48.0 Å². The van der Waals surface area contributed by atoms with Crippen LogP contribution in [-0.2, 0) is 16.2 Å². The van der Waals surface area contributed by atoms with Gasteiger partial charge in [-0.05, 0) is 49.5 Å². The first-order valence-corrected chi connectivity index (χ1v) is 9.20. The molecule has 0 bridgehead atoms. The lowest BCUT2D eigenvalue weighted by Crippen LogP contribution is -2.18. The highest BCUT2D eigenvalue weighted by Gasteiger charge is 2.30. The summed E-state index contributed by atoms with van der Waals surface area (Å²) in [5.41, 5.74) is 5.51. The zero-order chi connectivity index (χ0) is 20.5. The summed E-state index contributed by atoms with van der Waals surface area (Å²) in [6.45, 7) is 0. The number of nitrogens with two attached hydrogens (primary N) is 1. The van der Waals surface area contributed by atoms with Crippen molar-refractivity contribution in [3.63, 3.8) is 0 Å². The molecule has 0 aliphatic carbocycles. The molecule has 4 N–H and O–H groups in total. The number of aromatic nitrogens is 2. The quantitative estimate of drug-likeness (QED) is 0.587. The molecule has 28 heavy (non-hydrogen) atoms. The van der Waals surface area contributed by atoms with Crippen LogP contribution in [0.1, 0.15) is 5.56 Å². The van der Waals surface area contributed by atoms with E-state index in [4.69, 9.17) is 10.2 Å². The van der Waals surface area contributed by atoms with Crippen molar-refractivity contribution in [2.24, 2.45) is 0 Å². The van der Waals surface area contributed by atoms with Gasteiger partial charge in [-0.3, -0.25) is 0 Å². The van der Waals surface area contributed by atoms with Gasteiger partial charge >= 0.3 is 12.2 Å². The average Bonchev–Trinajstić information content (AvgIpc) is 3.08. The molecule has 0 saturated heterocycles. The molecular weight excluding hydrogens is 399 g/mol. The lowest BCUT2D eigenvalue weighted by Gasteiger charge is -2.13. The molecule has 3 rings (SSSR count). The largest absolute Gasteiger partial charge is 0.416 e. The Morgan fingerprint density at radius 2 is 1.75 bits per heavy atom. The maximum Gasteiger partial charge on any atom is 0.416 e. The summed E-state index contributed by atoms with van der Waals surface area (Å²) >= 11 is 0. The minimum atomic E-state index is -4.45. The van der Waals surface area contributed by atoms with Crippen molar-refractivity contribution in [3.8, 4) is 11.5 Å². The number of hydrogen-bond donors (Lipinski definition) is 3. The highest BCUT2D eigenvalue weighted by atomic mass is 32.2.